The Balaban J connectivity index is 2.12. The topological polar surface area (TPSA) is 44.8 Å². The van der Waals surface area contributed by atoms with Crippen LogP contribution in [-0.2, 0) is 19.8 Å². The quantitative estimate of drug-likeness (QED) is 0.618. The molecule has 0 radical (unpaired) electrons. The van der Waals surface area contributed by atoms with E-state index in [1.807, 2.05) is 18.2 Å². The van der Waals surface area contributed by atoms with Gasteiger partial charge in [-0.25, -0.2) is 0 Å². The molecule has 1 saturated heterocycles. The lowest BCUT2D eigenvalue weighted by Crippen LogP contribution is -2.40. The van der Waals surface area contributed by atoms with E-state index in [4.69, 9.17) is 14.2 Å². The number of hydrogen-bond donors (Lipinski definition) is 0. The van der Waals surface area contributed by atoms with Gasteiger partial charge in [0.05, 0.1) is 6.10 Å². The Morgan fingerprint density at radius 2 is 2.16 bits per heavy atom. The van der Waals surface area contributed by atoms with Gasteiger partial charge in [-0.2, -0.15) is 0 Å². The summed E-state index contributed by atoms with van der Waals surface area (Å²) < 4.78 is 17.0. The van der Waals surface area contributed by atoms with E-state index in [0.29, 0.717) is 5.56 Å². The minimum atomic E-state index is -0.561. The molecule has 4 heteroatoms. The van der Waals surface area contributed by atoms with Crippen molar-refractivity contribution in [1.29, 1.82) is 0 Å². The summed E-state index contributed by atoms with van der Waals surface area (Å²) >= 11 is 0. The maximum absolute atomic E-state index is 11.6. The van der Waals surface area contributed by atoms with Crippen LogP contribution in [0.5, 0.6) is 0 Å². The van der Waals surface area contributed by atoms with Gasteiger partial charge in [0.15, 0.2) is 12.1 Å². The van der Waals surface area contributed by atoms with Crippen LogP contribution in [0.2, 0.25) is 0 Å². The fourth-order valence-electron chi connectivity index (χ4n) is 3.33. The van der Waals surface area contributed by atoms with Gasteiger partial charge in [-0.15, -0.1) is 0 Å². The van der Waals surface area contributed by atoms with Crippen LogP contribution in [-0.4, -0.2) is 26.3 Å². The number of benzene rings is 1. The molecule has 1 aromatic rings. The molecule has 1 aromatic carbocycles. The Morgan fingerprint density at radius 3 is 2.79 bits per heavy atom. The number of carbonyl (C=O) groups is 1. The number of ether oxygens (including phenoxy) is 3. The van der Waals surface area contributed by atoms with E-state index in [0.717, 1.165) is 24.0 Å². The molecule has 19 heavy (non-hydrogen) atoms. The average Bonchev–Trinajstić information content (AvgIpc) is 2.97. The van der Waals surface area contributed by atoms with Crippen LogP contribution in [0.1, 0.15) is 47.4 Å². The minimum Gasteiger partial charge on any atom is -0.357 e. The van der Waals surface area contributed by atoms with E-state index in [1.165, 1.54) is 0 Å². The second-order valence-corrected chi connectivity index (χ2v) is 5.20. The van der Waals surface area contributed by atoms with Gasteiger partial charge < -0.3 is 14.2 Å². The molecule has 0 N–H and O–H groups in total. The Labute approximate surface area is 112 Å². The molecular formula is C15H18O4. The number of Topliss-reactive ketones (excluding diaryl/α,β-unsaturated/α-hetero) is 1. The van der Waals surface area contributed by atoms with E-state index >= 15 is 0 Å². The average molecular weight is 262 g/mol. The van der Waals surface area contributed by atoms with Gasteiger partial charge in [0, 0.05) is 19.8 Å². The van der Waals surface area contributed by atoms with Crippen molar-refractivity contribution in [1.82, 2.24) is 0 Å². The van der Waals surface area contributed by atoms with E-state index in [9.17, 15) is 4.79 Å². The first-order chi connectivity index (χ1) is 9.12. The molecule has 2 bridgehead atoms. The van der Waals surface area contributed by atoms with Gasteiger partial charge in [-0.05, 0) is 37.0 Å². The summed E-state index contributed by atoms with van der Waals surface area (Å²) in [5.74, 6) is 0.0621. The third-order valence-corrected chi connectivity index (χ3v) is 4.20. The van der Waals surface area contributed by atoms with Crippen molar-refractivity contribution in [2.45, 2.75) is 37.8 Å². The molecule has 2 heterocycles. The Bertz CT molecular complexity index is 521. The molecule has 2 unspecified atom stereocenters. The van der Waals surface area contributed by atoms with E-state index in [1.54, 1.807) is 21.1 Å². The van der Waals surface area contributed by atoms with Crippen LogP contribution in [0, 0.1) is 0 Å². The van der Waals surface area contributed by atoms with Gasteiger partial charge in [0.25, 0.3) is 0 Å². The van der Waals surface area contributed by atoms with E-state index < -0.39 is 11.9 Å². The van der Waals surface area contributed by atoms with Gasteiger partial charge >= 0.3 is 0 Å². The van der Waals surface area contributed by atoms with Crippen molar-refractivity contribution in [2.75, 3.05) is 14.2 Å². The molecule has 1 fully saturated rings. The summed E-state index contributed by atoms with van der Waals surface area (Å²) in [6.07, 6.45) is 1.48. The first kappa shape index (κ1) is 12.8. The molecule has 4 nitrogen and oxygen atoms in total. The largest absolute Gasteiger partial charge is 0.357 e. The van der Waals surface area contributed by atoms with Crippen LogP contribution in [0.25, 0.3) is 0 Å². The van der Waals surface area contributed by atoms with Gasteiger partial charge in [0.1, 0.15) is 5.60 Å². The monoisotopic (exact) mass is 262 g/mol. The predicted octanol–water partition coefficient (Wildman–Crippen LogP) is 2.57. The summed E-state index contributed by atoms with van der Waals surface area (Å²) in [6.45, 7) is 1.58. The van der Waals surface area contributed by atoms with Crippen LogP contribution < -0.4 is 0 Å². The van der Waals surface area contributed by atoms with Crippen LogP contribution in [0.4, 0.5) is 0 Å². The van der Waals surface area contributed by atoms with Crippen LogP contribution in [0.15, 0.2) is 18.2 Å². The third-order valence-electron chi connectivity index (χ3n) is 4.20. The second-order valence-electron chi connectivity index (χ2n) is 5.20. The molecular weight excluding hydrogens is 244 g/mol. The Morgan fingerprint density at radius 1 is 1.42 bits per heavy atom. The van der Waals surface area contributed by atoms with Crippen molar-refractivity contribution in [2.24, 2.45) is 0 Å². The summed E-state index contributed by atoms with van der Waals surface area (Å²) in [5.41, 5.74) is 2.36. The highest BCUT2D eigenvalue weighted by Gasteiger charge is 2.56. The predicted molar refractivity (Wildman–Crippen MR) is 69.0 cm³/mol. The highest BCUT2D eigenvalue weighted by Crippen LogP contribution is 2.57. The molecule has 2 aliphatic heterocycles. The lowest BCUT2D eigenvalue weighted by molar-refractivity contribution is -0.226. The molecule has 0 amide bonds. The third kappa shape index (κ3) is 1.67. The molecule has 0 spiro atoms. The molecule has 3 rings (SSSR count). The lowest BCUT2D eigenvalue weighted by Gasteiger charge is -2.33. The van der Waals surface area contributed by atoms with Crippen LogP contribution >= 0.6 is 0 Å². The molecule has 0 aromatic heterocycles. The van der Waals surface area contributed by atoms with Crippen molar-refractivity contribution >= 4 is 5.78 Å². The van der Waals surface area contributed by atoms with Crippen molar-refractivity contribution < 1.29 is 19.0 Å². The first-order valence-electron chi connectivity index (χ1n) is 6.51. The Kier molecular flexibility index (Phi) is 2.96. The van der Waals surface area contributed by atoms with Crippen molar-refractivity contribution in [3.8, 4) is 0 Å². The number of hydrogen-bond acceptors (Lipinski definition) is 4. The number of methoxy groups -OCH3 is 2. The fourth-order valence-corrected chi connectivity index (χ4v) is 3.33. The van der Waals surface area contributed by atoms with Crippen LogP contribution in [0.3, 0.4) is 0 Å². The maximum Gasteiger partial charge on any atom is 0.190 e. The molecule has 2 aliphatic rings. The normalized spacial score (nSPS) is 27.9. The number of fused-ring (bicyclic) bond motifs is 5. The molecule has 102 valence electrons. The Hall–Kier alpha value is -1.23. The van der Waals surface area contributed by atoms with Crippen molar-refractivity contribution in [3.63, 3.8) is 0 Å². The maximum atomic E-state index is 11.6. The molecule has 0 saturated carbocycles. The van der Waals surface area contributed by atoms with E-state index in [-0.39, 0.29) is 11.9 Å². The zero-order valence-electron chi connectivity index (χ0n) is 11.4. The standard InChI is InChI=1S/C15H18O4/c1-9(16)10-4-5-11-12(8-10)15(14(17-2)18-3)7-6-13(11)19-15/h4-5,8,13-14H,6-7H2,1-3H3. The van der Waals surface area contributed by atoms with Gasteiger partial charge in [-0.1, -0.05) is 12.1 Å². The summed E-state index contributed by atoms with van der Waals surface area (Å²) in [7, 11) is 3.23. The lowest BCUT2D eigenvalue weighted by atomic mass is 9.80. The summed E-state index contributed by atoms with van der Waals surface area (Å²) in [5, 5.41) is 0. The zero-order chi connectivity index (χ0) is 13.6. The zero-order valence-corrected chi connectivity index (χ0v) is 11.4. The smallest absolute Gasteiger partial charge is 0.190 e. The molecule has 2 atom stereocenters. The minimum absolute atomic E-state index is 0.0621. The second kappa shape index (κ2) is 4.40. The summed E-state index contributed by atoms with van der Waals surface area (Å²) in [6, 6.07) is 5.80. The highest BCUT2D eigenvalue weighted by atomic mass is 16.7. The number of carbonyl (C=O) groups excluding carboxylic acids is 1. The number of ketones is 1. The molecule has 0 aliphatic carbocycles. The number of rotatable bonds is 4. The van der Waals surface area contributed by atoms with E-state index in [2.05, 4.69) is 0 Å². The SMILES string of the molecule is COC(OC)C12CCC(O1)c1ccc(C(C)=O)cc12. The first-order valence-corrected chi connectivity index (χ1v) is 6.51. The summed E-state index contributed by atoms with van der Waals surface area (Å²) in [4.78, 5) is 11.6. The fraction of sp³-hybridized carbons (Fsp3) is 0.533. The van der Waals surface area contributed by atoms with Gasteiger partial charge in [0.2, 0.25) is 0 Å². The van der Waals surface area contributed by atoms with Gasteiger partial charge in [-0.3, -0.25) is 4.79 Å². The van der Waals surface area contributed by atoms with Crippen molar-refractivity contribution in [3.05, 3.63) is 34.9 Å². The highest BCUT2D eigenvalue weighted by molar-refractivity contribution is 5.94.